The van der Waals surface area contributed by atoms with E-state index in [9.17, 15) is 26.2 Å². The Morgan fingerprint density at radius 3 is 1.94 bits per heavy atom. The lowest BCUT2D eigenvalue weighted by molar-refractivity contribution is -0.160. The molecule has 0 amide bonds. The fourth-order valence-electron chi connectivity index (χ4n) is 10.8. The SMILES string of the molecule is O=C(OCC12CC3CC(C1)CC(S(=O)(=O)Oc1ccc(S(=O)(=O)[O-])c4ccccc14)(C3)C2)C1CC2c3ccccc3C1c1ccccc12. The number of esters is 1. The average molecular weight is 684 g/mol. The van der Waals surface area contributed by atoms with Crippen LogP contribution in [0.15, 0.2) is 89.8 Å². The van der Waals surface area contributed by atoms with Crippen molar-refractivity contribution in [3.05, 3.63) is 107 Å². The van der Waals surface area contributed by atoms with Crippen LogP contribution in [0.2, 0.25) is 0 Å². The van der Waals surface area contributed by atoms with Gasteiger partial charge in [0.2, 0.25) is 0 Å². The van der Waals surface area contributed by atoms with E-state index in [1.54, 1.807) is 18.2 Å². The molecule has 4 aromatic rings. The molecule has 248 valence electrons. The summed E-state index contributed by atoms with van der Waals surface area (Å²) < 4.78 is 75.4. The summed E-state index contributed by atoms with van der Waals surface area (Å²) in [5.41, 5.74) is 4.51. The van der Waals surface area contributed by atoms with Crippen molar-refractivity contribution < 1.29 is 35.1 Å². The summed E-state index contributed by atoms with van der Waals surface area (Å²) >= 11 is 0. The van der Waals surface area contributed by atoms with E-state index in [2.05, 4.69) is 36.4 Å². The van der Waals surface area contributed by atoms with Gasteiger partial charge in [0.15, 0.2) is 5.75 Å². The van der Waals surface area contributed by atoms with Crippen LogP contribution in [-0.4, -0.2) is 38.7 Å². The molecule has 0 aromatic heterocycles. The average Bonchev–Trinajstić information content (AvgIpc) is 3.06. The van der Waals surface area contributed by atoms with Crippen molar-refractivity contribution in [1.82, 2.24) is 0 Å². The van der Waals surface area contributed by atoms with E-state index < -0.39 is 35.3 Å². The standard InChI is InChI=1S/C38H36O8S2/c39-36(32-16-31-25-7-1-5-11-29(25)35(32)30-12-6-2-8-26(30)31)45-22-37-17-23-15-24(18-37)20-38(19-23,21-37)48(43,44)46-33-13-14-34(47(40,41)42)28-10-4-3-9-27(28)33/h1-14,23-24,31-32,35H,15-22H2,(H,40,41,42)/p-1. The van der Waals surface area contributed by atoms with E-state index in [0.717, 1.165) is 25.3 Å². The Morgan fingerprint density at radius 1 is 0.729 bits per heavy atom. The number of ether oxygens (including phenoxy) is 1. The van der Waals surface area contributed by atoms with Gasteiger partial charge in [0.1, 0.15) is 14.9 Å². The summed E-state index contributed by atoms with van der Waals surface area (Å²) in [5.74, 6) is -0.0768. The van der Waals surface area contributed by atoms with Crippen LogP contribution in [-0.2, 0) is 29.8 Å². The summed E-state index contributed by atoms with van der Waals surface area (Å²) in [7, 11) is -9.00. The Bertz CT molecular complexity index is 2160. The van der Waals surface area contributed by atoms with Crippen molar-refractivity contribution in [1.29, 1.82) is 0 Å². The number of hydrogen-bond donors (Lipinski definition) is 0. The maximum absolute atomic E-state index is 14.3. The molecule has 0 N–H and O–H groups in total. The molecule has 10 heteroatoms. The normalized spacial score (nSPS) is 31.3. The maximum atomic E-state index is 14.3. The lowest BCUT2D eigenvalue weighted by atomic mass is 9.49. The van der Waals surface area contributed by atoms with Crippen LogP contribution < -0.4 is 4.18 Å². The van der Waals surface area contributed by atoms with Gasteiger partial charge in [-0.15, -0.1) is 0 Å². The van der Waals surface area contributed by atoms with Crippen LogP contribution in [0.5, 0.6) is 5.75 Å². The van der Waals surface area contributed by atoms with E-state index in [1.807, 2.05) is 12.1 Å². The van der Waals surface area contributed by atoms with E-state index in [1.165, 1.54) is 34.4 Å². The fourth-order valence-corrected chi connectivity index (χ4v) is 13.4. The summed E-state index contributed by atoms with van der Waals surface area (Å²) in [6.07, 6.45) is 4.58. The van der Waals surface area contributed by atoms with Crippen LogP contribution >= 0.6 is 0 Å². The van der Waals surface area contributed by atoms with E-state index in [0.29, 0.717) is 25.7 Å². The lowest BCUT2D eigenvalue weighted by Gasteiger charge is -2.60. The lowest BCUT2D eigenvalue weighted by Crippen LogP contribution is -2.61. The molecule has 11 rings (SSSR count). The molecule has 0 radical (unpaired) electrons. The van der Waals surface area contributed by atoms with Crippen molar-refractivity contribution in [2.45, 2.75) is 66.4 Å². The highest BCUT2D eigenvalue weighted by Gasteiger charge is 2.64. The minimum Gasteiger partial charge on any atom is -0.744 e. The Morgan fingerprint density at radius 2 is 1.31 bits per heavy atom. The topological polar surface area (TPSA) is 127 Å². The summed E-state index contributed by atoms with van der Waals surface area (Å²) in [5, 5.41) is 0.368. The highest BCUT2D eigenvalue weighted by Crippen LogP contribution is 2.64. The van der Waals surface area contributed by atoms with Gasteiger partial charge in [-0.05, 0) is 91.2 Å². The predicted octanol–water partition coefficient (Wildman–Crippen LogP) is 6.63. The Kier molecular flexibility index (Phi) is 6.57. The van der Waals surface area contributed by atoms with E-state index >= 15 is 0 Å². The van der Waals surface area contributed by atoms with Gasteiger partial charge in [-0.1, -0.05) is 72.8 Å². The summed E-state index contributed by atoms with van der Waals surface area (Å²) in [6.45, 7) is 0.187. The smallest absolute Gasteiger partial charge is 0.315 e. The van der Waals surface area contributed by atoms with E-state index in [-0.39, 0.29) is 58.7 Å². The minimum atomic E-state index is -4.79. The molecule has 48 heavy (non-hydrogen) atoms. The number of rotatable bonds is 7. The third-order valence-corrected chi connectivity index (χ3v) is 14.9. The molecule has 7 aliphatic carbocycles. The third-order valence-electron chi connectivity index (χ3n) is 12.1. The van der Waals surface area contributed by atoms with Gasteiger partial charge in [0.25, 0.3) is 0 Å². The number of benzene rings is 4. The zero-order chi connectivity index (χ0) is 33.1. The van der Waals surface area contributed by atoms with Crippen LogP contribution in [0, 0.1) is 23.2 Å². The fraction of sp³-hybridized carbons (Fsp3) is 0.395. The monoisotopic (exact) mass is 683 g/mol. The van der Waals surface area contributed by atoms with Crippen molar-refractivity contribution >= 4 is 37.0 Å². The quantitative estimate of drug-likeness (QED) is 0.121. The summed E-state index contributed by atoms with van der Waals surface area (Å²) in [6, 6.07) is 25.4. The molecule has 8 nitrogen and oxygen atoms in total. The van der Waals surface area contributed by atoms with Gasteiger partial charge in [-0.3, -0.25) is 4.79 Å². The highest BCUT2D eigenvalue weighted by atomic mass is 32.2. The number of carbonyl (C=O) groups excluding carboxylic acids is 1. The van der Waals surface area contributed by atoms with Crippen molar-refractivity contribution in [3.8, 4) is 5.75 Å². The number of hydrogen-bond acceptors (Lipinski definition) is 8. The Labute approximate surface area is 280 Å². The Hall–Kier alpha value is -3.73. The largest absolute Gasteiger partial charge is 0.744 e. The number of carbonyl (C=O) groups is 1. The van der Waals surface area contributed by atoms with Crippen LogP contribution in [0.3, 0.4) is 0 Å². The molecule has 4 saturated carbocycles. The predicted molar refractivity (Wildman–Crippen MR) is 177 cm³/mol. The number of fused-ring (bicyclic) bond motifs is 2. The molecule has 0 saturated heterocycles. The van der Waals surface area contributed by atoms with Crippen molar-refractivity contribution in [2.75, 3.05) is 6.61 Å². The van der Waals surface area contributed by atoms with Crippen LogP contribution in [0.1, 0.15) is 79.0 Å². The molecule has 4 fully saturated rings. The minimum absolute atomic E-state index is 0.00198. The Balaban J connectivity index is 0.987. The van der Waals surface area contributed by atoms with Crippen molar-refractivity contribution in [2.24, 2.45) is 23.2 Å². The molecule has 3 unspecified atom stereocenters. The molecule has 4 aromatic carbocycles. The second kappa shape index (κ2) is 10.4. The van der Waals surface area contributed by atoms with Gasteiger partial charge in [-0.25, -0.2) is 8.42 Å². The zero-order valence-electron chi connectivity index (χ0n) is 26.2. The second-order valence-electron chi connectivity index (χ2n) is 15.0. The first-order valence-electron chi connectivity index (χ1n) is 16.7. The molecule has 0 heterocycles. The van der Waals surface area contributed by atoms with Gasteiger partial charge in [-0.2, -0.15) is 8.42 Å². The second-order valence-corrected chi connectivity index (χ2v) is 18.3. The van der Waals surface area contributed by atoms with Gasteiger partial charge >= 0.3 is 16.1 Å². The molecule has 7 aliphatic rings. The molecule has 6 bridgehead atoms. The summed E-state index contributed by atoms with van der Waals surface area (Å²) in [4.78, 5) is 13.6. The molecule has 0 aliphatic heterocycles. The zero-order valence-corrected chi connectivity index (χ0v) is 27.8. The molecular formula is C38H35O8S2-. The first-order chi connectivity index (χ1) is 23.0. The van der Waals surface area contributed by atoms with Crippen LogP contribution in [0.4, 0.5) is 0 Å². The van der Waals surface area contributed by atoms with Gasteiger partial charge in [0, 0.05) is 28.0 Å². The molecule has 3 atom stereocenters. The van der Waals surface area contributed by atoms with Gasteiger partial charge in [0.05, 0.1) is 17.4 Å². The molecular weight excluding hydrogens is 649 g/mol. The van der Waals surface area contributed by atoms with Crippen molar-refractivity contribution in [3.63, 3.8) is 0 Å². The van der Waals surface area contributed by atoms with E-state index in [4.69, 9.17) is 8.92 Å². The van der Waals surface area contributed by atoms with Gasteiger partial charge < -0.3 is 13.5 Å². The van der Waals surface area contributed by atoms with Crippen LogP contribution in [0.25, 0.3) is 10.8 Å². The first kappa shape index (κ1) is 30.3. The third kappa shape index (κ3) is 4.52. The highest BCUT2D eigenvalue weighted by molar-refractivity contribution is 7.88. The molecule has 0 spiro atoms. The first-order valence-corrected chi connectivity index (χ1v) is 19.5. The maximum Gasteiger partial charge on any atom is 0.315 e.